The number of imidazole rings is 1. The van der Waals surface area contributed by atoms with Crippen LogP contribution in [0.15, 0.2) is 66.7 Å². The summed E-state index contributed by atoms with van der Waals surface area (Å²) < 4.78 is 0. The highest BCUT2D eigenvalue weighted by atomic mass is 16.4. The molecule has 0 aliphatic heterocycles. The van der Waals surface area contributed by atoms with E-state index >= 15 is 0 Å². The molecule has 0 radical (unpaired) electrons. The molecule has 1 aromatic heterocycles. The summed E-state index contributed by atoms with van der Waals surface area (Å²) in [6.07, 6.45) is 0.731. The van der Waals surface area contributed by atoms with Gasteiger partial charge in [-0.3, -0.25) is 0 Å². The number of carbonyl (C=O) groups is 1. The Morgan fingerprint density at radius 1 is 0.923 bits per heavy atom. The number of nitrogens with zero attached hydrogens (tertiary/aromatic N) is 1. The van der Waals surface area contributed by atoms with Crippen LogP contribution in [0.2, 0.25) is 0 Å². The smallest absolute Gasteiger partial charge is 0.337 e. The van der Waals surface area contributed by atoms with Crippen molar-refractivity contribution in [3.63, 3.8) is 0 Å². The van der Waals surface area contributed by atoms with Gasteiger partial charge in [0.1, 0.15) is 5.82 Å². The Morgan fingerprint density at radius 3 is 2.15 bits per heavy atom. The van der Waals surface area contributed by atoms with E-state index in [0.717, 1.165) is 34.5 Å². The van der Waals surface area contributed by atoms with Crippen molar-refractivity contribution < 1.29 is 9.90 Å². The van der Waals surface area contributed by atoms with E-state index in [1.807, 2.05) is 43.3 Å². The van der Waals surface area contributed by atoms with Crippen molar-refractivity contribution >= 4 is 17.0 Å². The van der Waals surface area contributed by atoms with E-state index in [1.165, 1.54) is 0 Å². The predicted molar refractivity (Wildman–Crippen MR) is 103 cm³/mol. The summed E-state index contributed by atoms with van der Waals surface area (Å²) >= 11 is 0. The Balaban J connectivity index is 1.80. The fourth-order valence-corrected chi connectivity index (χ4v) is 3.15. The van der Waals surface area contributed by atoms with E-state index in [1.54, 1.807) is 6.07 Å². The fraction of sp³-hybridized carbons (Fsp3) is 0.0909. The number of hydrogen-bond donors (Lipinski definition) is 2. The maximum absolute atomic E-state index is 11.7. The van der Waals surface area contributed by atoms with Crippen molar-refractivity contribution in [3.8, 4) is 22.3 Å². The number of nitrogens with one attached hydrogen (secondary N) is 1. The van der Waals surface area contributed by atoms with E-state index in [4.69, 9.17) is 0 Å². The van der Waals surface area contributed by atoms with Crippen LogP contribution in [0.3, 0.4) is 0 Å². The molecule has 2 N–H and O–H groups in total. The second-order valence-electron chi connectivity index (χ2n) is 6.20. The molecule has 0 atom stereocenters. The summed E-state index contributed by atoms with van der Waals surface area (Å²) in [6, 6.07) is 21.9. The molecule has 0 spiro atoms. The highest BCUT2D eigenvalue weighted by molar-refractivity contribution is 6.03. The average molecular weight is 342 g/mol. The first-order valence-electron chi connectivity index (χ1n) is 8.57. The van der Waals surface area contributed by atoms with Gasteiger partial charge in [-0.15, -0.1) is 0 Å². The summed E-state index contributed by atoms with van der Waals surface area (Å²) in [5.41, 5.74) is 5.61. The van der Waals surface area contributed by atoms with Crippen LogP contribution in [0.1, 0.15) is 23.1 Å². The molecule has 0 fully saturated rings. The molecule has 4 heteroatoms. The van der Waals surface area contributed by atoms with Crippen LogP contribution in [0, 0.1) is 0 Å². The summed E-state index contributed by atoms with van der Waals surface area (Å²) in [6.45, 7) is 1.99. The Hall–Kier alpha value is -3.40. The standard InChI is InChI=1S/C22H18N2O2/c1-2-20-23-19-13-17(12-18(22(25)26)21(19)24-20)16-10-8-15(9-11-16)14-6-4-3-5-7-14/h3-13H,2H2,1H3,(H,23,24)(H,25,26). The molecular weight excluding hydrogens is 324 g/mol. The van der Waals surface area contributed by atoms with E-state index in [0.29, 0.717) is 11.0 Å². The maximum atomic E-state index is 11.7. The molecule has 0 bridgehead atoms. The predicted octanol–water partition coefficient (Wildman–Crippen LogP) is 5.16. The molecule has 4 rings (SSSR count). The normalized spacial score (nSPS) is 11.0. The second kappa shape index (κ2) is 6.48. The number of rotatable bonds is 4. The summed E-state index contributed by atoms with van der Waals surface area (Å²) in [4.78, 5) is 19.3. The van der Waals surface area contributed by atoms with Crippen molar-refractivity contribution in [3.05, 3.63) is 78.1 Å². The number of benzene rings is 3. The van der Waals surface area contributed by atoms with Crippen LogP contribution >= 0.6 is 0 Å². The summed E-state index contributed by atoms with van der Waals surface area (Å²) in [5.74, 6) is -0.164. The molecule has 1 heterocycles. The monoisotopic (exact) mass is 342 g/mol. The number of carboxylic acid groups (broad SMARTS) is 1. The molecule has 4 nitrogen and oxygen atoms in total. The SMILES string of the molecule is CCc1nc2cc(-c3ccc(-c4ccccc4)cc3)cc(C(=O)O)c2[nH]1. The quantitative estimate of drug-likeness (QED) is 0.538. The molecule has 128 valence electrons. The van der Waals surface area contributed by atoms with Crippen molar-refractivity contribution in [1.29, 1.82) is 0 Å². The number of aromatic amines is 1. The van der Waals surface area contributed by atoms with E-state index in [9.17, 15) is 9.90 Å². The number of aromatic nitrogens is 2. The third-order valence-corrected chi connectivity index (χ3v) is 4.53. The largest absolute Gasteiger partial charge is 0.478 e. The van der Waals surface area contributed by atoms with Crippen LogP contribution in [-0.2, 0) is 6.42 Å². The van der Waals surface area contributed by atoms with Crippen LogP contribution in [-0.4, -0.2) is 21.0 Å². The van der Waals surface area contributed by atoms with Crippen LogP contribution in [0.5, 0.6) is 0 Å². The minimum absolute atomic E-state index is 0.247. The molecular formula is C22H18N2O2. The minimum Gasteiger partial charge on any atom is -0.478 e. The van der Waals surface area contributed by atoms with Gasteiger partial charge in [0.05, 0.1) is 16.6 Å². The summed E-state index contributed by atoms with van der Waals surface area (Å²) in [7, 11) is 0. The number of aryl methyl sites for hydroxylation is 1. The lowest BCUT2D eigenvalue weighted by molar-refractivity contribution is 0.0699. The van der Waals surface area contributed by atoms with Gasteiger partial charge in [0.2, 0.25) is 0 Å². The zero-order chi connectivity index (χ0) is 18.1. The first-order chi connectivity index (χ1) is 12.7. The third-order valence-electron chi connectivity index (χ3n) is 4.53. The lowest BCUT2D eigenvalue weighted by atomic mass is 9.98. The number of H-pyrrole nitrogens is 1. The van der Waals surface area contributed by atoms with Crippen LogP contribution in [0.4, 0.5) is 0 Å². The lowest BCUT2D eigenvalue weighted by Crippen LogP contribution is -1.98. The number of aromatic carboxylic acids is 1. The Kier molecular flexibility index (Phi) is 4.01. The number of hydrogen-bond acceptors (Lipinski definition) is 2. The highest BCUT2D eigenvalue weighted by Gasteiger charge is 2.15. The highest BCUT2D eigenvalue weighted by Crippen LogP contribution is 2.29. The van der Waals surface area contributed by atoms with Gasteiger partial charge in [0.25, 0.3) is 0 Å². The molecule has 0 amide bonds. The van der Waals surface area contributed by atoms with Gasteiger partial charge in [0, 0.05) is 6.42 Å². The topological polar surface area (TPSA) is 66.0 Å². The third kappa shape index (κ3) is 2.86. The van der Waals surface area contributed by atoms with Crippen molar-refractivity contribution in [2.45, 2.75) is 13.3 Å². The molecule has 3 aromatic carbocycles. The van der Waals surface area contributed by atoms with Crippen LogP contribution < -0.4 is 0 Å². The Bertz CT molecular complexity index is 1080. The first-order valence-corrected chi connectivity index (χ1v) is 8.57. The molecule has 0 saturated carbocycles. The lowest BCUT2D eigenvalue weighted by Gasteiger charge is -2.07. The molecule has 0 unspecified atom stereocenters. The van der Waals surface area contributed by atoms with Gasteiger partial charge in [-0.2, -0.15) is 0 Å². The van der Waals surface area contributed by atoms with Gasteiger partial charge >= 0.3 is 5.97 Å². The Labute approximate surface area is 151 Å². The zero-order valence-corrected chi connectivity index (χ0v) is 14.4. The minimum atomic E-state index is -0.955. The molecule has 0 saturated heterocycles. The molecule has 4 aromatic rings. The molecule has 0 aliphatic carbocycles. The zero-order valence-electron chi connectivity index (χ0n) is 14.4. The van der Waals surface area contributed by atoms with E-state index in [-0.39, 0.29) is 5.56 Å². The van der Waals surface area contributed by atoms with Crippen LogP contribution in [0.25, 0.3) is 33.3 Å². The number of carboxylic acids is 1. The van der Waals surface area contributed by atoms with E-state index < -0.39 is 5.97 Å². The van der Waals surface area contributed by atoms with E-state index in [2.05, 4.69) is 34.2 Å². The van der Waals surface area contributed by atoms with Crippen molar-refractivity contribution in [2.75, 3.05) is 0 Å². The fourth-order valence-electron chi connectivity index (χ4n) is 3.15. The number of fused-ring (bicyclic) bond motifs is 1. The van der Waals surface area contributed by atoms with Gasteiger partial charge in [0.15, 0.2) is 0 Å². The average Bonchev–Trinajstić information content (AvgIpc) is 3.11. The van der Waals surface area contributed by atoms with Crippen molar-refractivity contribution in [1.82, 2.24) is 9.97 Å². The molecule has 0 aliphatic rings. The summed E-state index contributed by atoms with van der Waals surface area (Å²) in [5, 5.41) is 9.58. The van der Waals surface area contributed by atoms with Gasteiger partial charge in [-0.05, 0) is 34.4 Å². The first kappa shape index (κ1) is 16.1. The van der Waals surface area contributed by atoms with Crippen molar-refractivity contribution in [2.24, 2.45) is 0 Å². The second-order valence-corrected chi connectivity index (χ2v) is 6.20. The Morgan fingerprint density at radius 2 is 1.54 bits per heavy atom. The molecule has 26 heavy (non-hydrogen) atoms. The van der Waals surface area contributed by atoms with Gasteiger partial charge in [-0.1, -0.05) is 61.5 Å². The maximum Gasteiger partial charge on any atom is 0.337 e. The van der Waals surface area contributed by atoms with Gasteiger partial charge in [-0.25, -0.2) is 9.78 Å². The van der Waals surface area contributed by atoms with Gasteiger partial charge < -0.3 is 10.1 Å².